The number of amides is 1. The number of nitrogens with zero attached hydrogens (tertiary/aromatic N) is 2. The van der Waals surface area contributed by atoms with Crippen molar-refractivity contribution in [2.45, 2.75) is 13.3 Å². The van der Waals surface area contributed by atoms with E-state index in [2.05, 4.69) is 10.4 Å². The van der Waals surface area contributed by atoms with E-state index in [1.807, 2.05) is 24.1 Å². The number of carbonyl (C=O) groups excluding carboxylic acids is 1. The van der Waals surface area contributed by atoms with Crippen LogP contribution in [0.5, 0.6) is 0 Å². The first-order chi connectivity index (χ1) is 9.85. The molecule has 21 heavy (non-hydrogen) atoms. The van der Waals surface area contributed by atoms with Gasteiger partial charge < -0.3 is 5.32 Å². The van der Waals surface area contributed by atoms with Crippen LogP contribution in [-0.2, 0) is 9.84 Å². The normalized spacial score (nSPS) is 15.0. The largest absolute Gasteiger partial charge is 0.351 e. The molecule has 0 aliphatic carbocycles. The fourth-order valence-electron chi connectivity index (χ4n) is 2.00. The Kier molecular flexibility index (Phi) is 4.62. The first-order valence-electron chi connectivity index (χ1n) is 6.73. The van der Waals surface area contributed by atoms with Crippen LogP contribution in [0.1, 0.15) is 23.7 Å². The highest BCUT2D eigenvalue weighted by Crippen LogP contribution is 2.19. The van der Waals surface area contributed by atoms with Crippen LogP contribution in [-0.4, -0.2) is 45.1 Å². The molecule has 1 aliphatic rings. The summed E-state index contributed by atoms with van der Waals surface area (Å²) in [4.78, 5) is 11.9. The van der Waals surface area contributed by atoms with Gasteiger partial charge in [0.2, 0.25) is 0 Å². The molecule has 0 spiro atoms. The molecule has 0 radical (unpaired) electrons. The average molecular weight is 309 g/mol. The zero-order valence-corrected chi connectivity index (χ0v) is 13.0. The van der Waals surface area contributed by atoms with E-state index in [-0.39, 0.29) is 18.2 Å². The van der Waals surface area contributed by atoms with E-state index in [1.165, 1.54) is 0 Å². The van der Waals surface area contributed by atoms with Crippen molar-refractivity contribution < 1.29 is 13.2 Å². The van der Waals surface area contributed by atoms with Gasteiger partial charge in [-0.1, -0.05) is 0 Å². The minimum atomic E-state index is -3.06. The summed E-state index contributed by atoms with van der Waals surface area (Å²) in [5, 5.41) is 8.89. The Labute approximate surface area is 124 Å². The van der Waals surface area contributed by atoms with Crippen molar-refractivity contribution in [3.63, 3.8) is 0 Å². The maximum Gasteiger partial charge on any atom is 0.251 e. The van der Waals surface area contributed by atoms with Crippen LogP contribution in [0.2, 0.25) is 0 Å². The highest BCUT2D eigenvalue weighted by atomic mass is 32.2. The number of hydrazone groups is 1. The first-order valence-corrected chi connectivity index (χ1v) is 8.79. The smallest absolute Gasteiger partial charge is 0.251 e. The second kappa shape index (κ2) is 6.26. The molecule has 114 valence electrons. The fourth-order valence-corrected chi connectivity index (χ4v) is 2.47. The van der Waals surface area contributed by atoms with Crippen molar-refractivity contribution >= 4 is 27.1 Å². The third-order valence-corrected chi connectivity index (χ3v) is 4.11. The molecule has 6 nitrogen and oxygen atoms in total. The monoisotopic (exact) mass is 309 g/mol. The molecule has 2 rings (SSSR count). The third kappa shape index (κ3) is 4.56. The SMILES string of the molecule is CC1=NN(c2ccc(C(=O)NCCS(C)(=O)=O)cc2)CC1. The van der Waals surface area contributed by atoms with Gasteiger partial charge in [-0.2, -0.15) is 5.10 Å². The summed E-state index contributed by atoms with van der Waals surface area (Å²) < 4.78 is 22.0. The highest BCUT2D eigenvalue weighted by Gasteiger charge is 2.13. The van der Waals surface area contributed by atoms with E-state index in [0.29, 0.717) is 5.56 Å². The molecule has 1 aromatic carbocycles. The molecule has 7 heteroatoms. The second-order valence-electron chi connectivity index (χ2n) is 5.14. The van der Waals surface area contributed by atoms with Gasteiger partial charge >= 0.3 is 0 Å². The van der Waals surface area contributed by atoms with Gasteiger partial charge in [0.15, 0.2) is 0 Å². The molecular weight excluding hydrogens is 290 g/mol. The molecule has 0 unspecified atom stereocenters. The lowest BCUT2D eigenvalue weighted by Crippen LogP contribution is -2.28. The molecular formula is C14H19N3O3S. The van der Waals surface area contributed by atoms with Crippen LogP contribution in [0.4, 0.5) is 5.69 Å². The number of nitrogens with one attached hydrogen (secondary N) is 1. The van der Waals surface area contributed by atoms with Crippen molar-refractivity contribution in [1.29, 1.82) is 0 Å². The summed E-state index contributed by atoms with van der Waals surface area (Å²) in [7, 11) is -3.06. The maximum absolute atomic E-state index is 11.9. The predicted molar refractivity (Wildman–Crippen MR) is 83.6 cm³/mol. The maximum atomic E-state index is 11.9. The molecule has 0 atom stereocenters. The summed E-state index contributed by atoms with van der Waals surface area (Å²) in [5.74, 6) is -0.329. The molecule has 1 aromatic rings. The van der Waals surface area contributed by atoms with Crippen LogP contribution >= 0.6 is 0 Å². The van der Waals surface area contributed by atoms with Crippen LogP contribution in [0.15, 0.2) is 29.4 Å². The van der Waals surface area contributed by atoms with E-state index < -0.39 is 9.84 Å². The predicted octanol–water partition coefficient (Wildman–Crippen LogP) is 1.05. The summed E-state index contributed by atoms with van der Waals surface area (Å²) >= 11 is 0. The number of benzene rings is 1. The van der Waals surface area contributed by atoms with Gasteiger partial charge in [-0.15, -0.1) is 0 Å². The van der Waals surface area contributed by atoms with Gasteiger partial charge in [-0.05, 0) is 31.2 Å². The van der Waals surface area contributed by atoms with E-state index in [9.17, 15) is 13.2 Å². The van der Waals surface area contributed by atoms with E-state index in [0.717, 1.165) is 30.6 Å². The molecule has 1 amide bonds. The van der Waals surface area contributed by atoms with Gasteiger partial charge in [0.1, 0.15) is 9.84 Å². The standard InChI is InChI=1S/C14H19N3O3S/c1-11-7-9-17(16-11)13-5-3-12(4-6-13)14(18)15-8-10-21(2,19)20/h3-6H,7-10H2,1-2H3,(H,15,18). The summed E-state index contributed by atoms with van der Waals surface area (Å²) in [5.41, 5.74) is 2.55. The Hall–Kier alpha value is -1.89. The molecule has 1 N–H and O–H groups in total. The van der Waals surface area contributed by atoms with Crippen LogP contribution in [0.3, 0.4) is 0 Å². The molecule has 0 saturated heterocycles. The molecule has 0 bridgehead atoms. The number of hydrogen-bond donors (Lipinski definition) is 1. The zero-order valence-electron chi connectivity index (χ0n) is 12.2. The van der Waals surface area contributed by atoms with Gasteiger partial charge in [-0.25, -0.2) is 8.42 Å². The van der Waals surface area contributed by atoms with E-state index >= 15 is 0 Å². The number of carbonyl (C=O) groups is 1. The van der Waals surface area contributed by atoms with Crippen molar-refractivity contribution in [3.8, 4) is 0 Å². The topological polar surface area (TPSA) is 78.8 Å². The van der Waals surface area contributed by atoms with Crippen LogP contribution in [0.25, 0.3) is 0 Å². The minimum Gasteiger partial charge on any atom is -0.351 e. The van der Waals surface area contributed by atoms with Crippen molar-refractivity contribution in [2.24, 2.45) is 5.10 Å². The molecule has 0 fully saturated rings. The average Bonchev–Trinajstić information content (AvgIpc) is 2.84. The van der Waals surface area contributed by atoms with Gasteiger partial charge in [0, 0.05) is 37.0 Å². The Morgan fingerprint density at radius 1 is 1.33 bits per heavy atom. The van der Waals surface area contributed by atoms with E-state index in [1.54, 1.807) is 12.1 Å². The summed E-state index contributed by atoms with van der Waals surface area (Å²) in [6, 6.07) is 7.11. The van der Waals surface area contributed by atoms with Gasteiger partial charge in [0.05, 0.1) is 11.4 Å². The number of sulfone groups is 1. The fraction of sp³-hybridized carbons (Fsp3) is 0.429. The Bertz CT molecular complexity index is 651. The number of hydrogen-bond acceptors (Lipinski definition) is 5. The second-order valence-corrected chi connectivity index (χ2v) is 7.40. The van der Waals surface area contributed by atoms with Gasteiger partial charge in [0.25, 0.3) is 5.91 Å². The molecule has 0 saturated carbocycles. The lowest BCUT2D eigenvalue weighted by Gasteiger charge is -2.13. The lowest BCUT2D eigenvalue weighted by atomic mass is 10.2. The first kappa shape index (κ1) is 15.5. The quantitative estimate of drug-likeness (QED) is 0.881. The third-order valence-electron chi connectivity index (χ3n) is 3.16. The Morgan fingerprint density at radius 2 is 2.00 bits per heavy atom. The molecule has 1 heterocycles. The van der Waals surface area contributed by atoms with Crippen molar-refractivity contribution in [2.75, 3.05) is 30.1 Å². The summed E-state index contributed by atoms with van der Waals surface area (Å²) in [6.45, 7) is 2.96. The summed E-state index contributed by atoms with van der Waals surface area (Å²) in [6.07, 6.45) is 2.10. The van der Waals surface area contributed by atoms with Crippen LogP contribution in [0, 0.1) is 0 Å². The molecule has 1 aliphatic heterocycles. The van der Waals surface area contributed by atoms with Crippen molar-refractivity contribution in [3.05, 3.63) is 29.8 Å². The highest BCUT2D eigenvalue weighted by molar-refractivity contribution is 7.90. The van der Waals surface area contributed by atoms with E-state index in [4.69, 9.17) is 0 Å². The number of rotatable bonds is 5. The molecule has 0 aromatic heterocycles. The van der Waals surface area contributed by atoms with Crippen LogP contribution < -0.4 is 10.3 Å². The van der Waals surface area contributed by atoms with Crippen molar-refractivity contribution in [1.82, 2.24) is 5.32 Å². The number of anilines is 1. The minimum absolute atomic E-state index is 0.0570. The lowest BCUT2D eigenvalue weighted by molar-refractivity contribution is 0.0956. The Balaban J connectivity index is 1.94. The van der Waals surface area contributed by atoms with Gasteiger partial charge in [-0.3, -0.25) is 9.80 Å². The Morgan fingerprint density at radius 3 is 2.52 bits per heavy atom. The zero-order chi connectivity index (χ0) is 15.5.